The minimum Gasteiger partial charge on any atom is -0.481 e. The van der Waals surface area contributed by atoms with Crippen LogP contribution in [0.15, 0.2) is 11.6 Å². The van der Waals surface area contributed by atoms with Gasteiger partial charge in [-0.05, 0) is 104 Å². The van der Waals surface area contributed by atoms with Crippen molar-refractivity contribution in [2.24, 2.45) is 62.6 Å². The molecule has 0 amide bonds. The van der Waals surface area contributed by atoms with E-state index in [4.69, 9.17) is 14.2 Å². The molecule has 2 aliphatic heterocycles. The Balaban J connectivity index is 1.40. The predicted octanol–water partition coefficient (Wildman–Crippen LogP) is 6.77. The van der Waals surface area contributed by atoms with Gasteiger partial charge in [0.2, 0.25) is 0 Å². The highest BCUT2D eigenvalue weighted by Gasteiger charge is 2.72. The molecule has 4 aliphatic carbocycles. The summed E-state index contributed by atoms with van der Waals surface area (Å²) >= 11 is 0. The standard InChI is InChI=1S/C38H59NO7/c1-22(2)23(3)34(5)16-17-36(7)25-12-13-28-35(6)20-44-21-38(28,26(25)14-15-37(36,8)31(34)32(41)42)19-27(45-24(4)40)30(35)33(43)46-29-11-9-10-18-39-29/h14,22-23,25,27-31,39H,9-13,15-21H2,1-8H3,(H,41,42)/t23?,25-,27+,28+,29?,30+,31+,34+,35+,36+,37-,38-/m0/s1. The number of fused-ring (bicyclic) bond motifs is 3. The number of allylic oxidation sites excluding steroid dienone is 1. The number of carboxylic acid groups (broad SMARTS) is 1. The summed E-state index contributed by atoms with van der Waals surface area (Å²) in [4.78, 5) is 40.0. The molecule has 2 bridgehead atoms. The van der Waals surface area contributed by atoms with E-state index >= 15 is 0 Å². The summed E-state index contributed by atoms with van der Waals surface area (Å²) in [6.45, 7) is 19.0. The Morgan fingerprint density at radius 3 is 2.35 bits per heavy atom. The average molecular weight is 642 g/mol. The number of esters is 2. The van der Waals surface area contributed by atoms with Crippen LogP contribution in [0.5, 0.6) is 0 Å². The Bertz CT molecular complexity index is 1270. The highest BCUT2D eigenvalue weighted by Crippen LogP contribution is 2.75. The Kier molecular flexibility index (Phi) is 8.56. The van der Waals surface area contributed by atoms with Gasteiger partial charge < -0.3 is 19.3 Å². The van der Waals surface area contributed by atoms with Crippen molar-refractivity contribution >= 4 is 17.9 Å². The molecule has 3 saturated carbocycles. The van der Waals surface area contributed by atoms with Gasteiger partial charge in [-0.1, -0.05) is 60.1 Å². The molecule has 2 unspecified atom stereocenters. The molecule has 8 nitrogen and oxygen atoms in total. The molecule has 258 valence electrons. The molecule has 0 aromatic heterocycles. The lowest BCUT2D eigenvalue weighted by atomic mass is 9.34. The maximum atomic E-state index is 14.1. The molecule has 5 fully saturated rings. The number of carbonyl (C=O) groups is 3. The minimum absolute atomic E-state index is 0.179. The van der Waals surface area contributed by atoms with Gasteiger partial charge in [0.25, 0.3) is 0 Å². The zero-order chi connectivity index (χ0) is 33.4. The van der Waals surface area contributed by atoms with E-state index in [1.807, 2.05) is 0 Å². The quantitative estimate of drug-likeness (QED) is 0.242. The Morgan fingerprint density at radius 1 is 0.978 bits per heavy atom. The molecule has 2 N–H and O–H groups in total. The lowest BCUT2D eigenvalue weighted by Gasteiger charge is -2.71. The van der Waals surface area contributed by atoms with Crippen LogP contribution in [0.4, 0.5) is 0 Å². The van der Waals surface area contributed by atoms with Crippen LogP contribution in [0.2, 0.25) is 0 Å². The van der Waals surface area contributed by atoms with Crippen molar-refractivity contribution in [3.63, 3.8) is 0 Å². The van der Waals surface area contributed by atoms with Crippen LogP contribution in [0, 0.1) is 62.6 Å². The SMILES string of the molecule is CC(=O)O[C@@H]1C[C@@]23COC[C@@](C)([C@H]1C(=O)OC1CCCCN1)[C@H]2CC[C@H]1C3=CC[C@@]2(C)[C@H](C(=O)O)[C@@](C)(C(C)C(C)C)CC[C@]12C. The summed E-state index contributed by atoms with van der Waals surface area (Å²) in [5.74, 6) is -1.32. The van der Waals surface area contributed by atoms with E-state index < -0.39 is 34.7 Å². The summed E-state index contributed by atoms with van der Waals surface area (Å²) < 4.78 is 18.7. The Morgan fingerprint density at radius 2 is 1.72 bits per heavy atom. The fourth-order valence-electron chi connectivity index (χ4n) is 12.5. The Labute approximate surface area is 276 Å². The van der Waals surface area contributed by atoms with Crippen molar-refractivity contribution in [1.29, 1.82) is 0 Å². The number of piperidine rings is 1. The van der Waals surface area contributed by atoms with Gasteiger partial charge in [-0.15, -0.1) is 0 Å². The molecule has 2 heterocycles. The van der Waals surface area contributed by atoms with Crippen molar-refractivity contribution in [1.82, 2.24) is 5.32 Å². The molecule has 0 aromatic carbocycles. The molecule has 8 heteroatoms. The first-order valence-electron chi connectivity index (χ1n) is 18.2. The topological polar surface area (TPSA) is 111 Å². The summed E-state index contributed by atoms with van der Waals surface area (Å²) in [6.07, 6.45) is 9.36. The van der Waals surface area contributed by atoms with Gasteiger partial charge >= 0.3 is 17.9 Å². The third-order valence-corrected chi connectivity index (χ3v) is 15.3. The molecule has 0 spiro atoms. The first-order valence-corrected chi connectivity index (χ1v) is 18.2. The van der Waals surface area contributed by atoms with E-state index in [-0.39, 0.29) is 52.2 Å². The average Bonchev–Trinajstić information content (AvgIpc) is 2.97. The molecular weight excluding hydrogens is 582 g/mol. The normalized spacial score (nSPS) is 47.4. The van der Waals surface area contributed by atoms with Gasteiger partial charge in [0.15, 0.2) is 6.23 Å². The number of nitrogens with one attached hydrogen (secondary N) is 1. The van der Waals surface area contributed by atoms with E-state index in [9.17, 15) is 19.5 Å². The van der Waals surface area contributed by atoms with Gasteiger partial charge in [0.05, 0.1) is 19.1 Å². The molecule has 46 heavy (non-hydrogen) atoms. The van der Waals surface area contributed by atoms with E-state index in [0.29, 0.717) is 32.0 Å². The zero-order valence-corrected chi connectivity index (χ0v) is 29.6. The third-order valence-electron chi connectivity index (χ3n) is 15.3. The van der Waals surface area contributed by atoms with Crippen molar-refractivity contribution in [2.75, 3.05) is 19.8 Å². The van der Waals surface area contributed by atoms with Crippen LogP contribution >= 0.6 is 0 Å². The van der Waals surface area contributed by atoms with Crippen LogP contribution in [0.25, 0.3) is 0 Å². The zero-order valence-electron chi connectivity index (χ0n) is 29.6. The number of rotatable bonds is 6. The summed E-state index contributed by atoms with van der Waals surface area (Å²) in [5, 5.41) is 14.3. The van der Waals surface area contributed by atoms with Gasteiger partial charge in [-0.25, -0.2) is 0 Å². The Hall–Kier alpha value is -1.93. The number of hydrogen-bond acceptors (Lipinski definition) is 7. The number of aliphatic carboxylic acids is 1. The highest BCUT2D eigenvalue weighted by molar-refractivity contribution is 5.76. The highest BCUT2D eigenvalue weighted by atomic mass is 16.6. The molecule has 2 saturated heterocycles. The van der Waals surface area contributed by atoms with Crippen LogP contribution in [-0.4, -0.2) is 55.1 Å². The minimum atomic E-state index is -0.665. The molecule has 12 atom stereocenters. The fraction of sp³-hybridized carbons (Fsp3) is 0.868. The molecule has 0 aromatic rings. The number of carboxylic acids is 1. The lowest BCUT2D eigenvalue weighted by molar-refractivity contribution is -0.246. The largest absolute Gasteiger partial charge is 0.481 e. The first-order chi connectivity index (χ1) is 21.5. The van der Waals surface area contributed by atoms with Crippen LogP contribution in [0.1, 0.15) is 113 Å². The number of ether oxygens (including phenoxy) is 3. The van der Waals surface area contributed by atoms with E-state index in [1.54, 1.807) is 0 Å². The van der Waals surface area contributed by atoms with Crippen LogP contribution in [-0.2, 0) is 28.6 Å². The third kappa shape index (κ3) is 4.76. The summed E-state index contributed by atoms with van der Waals surface area (Å²) in [5.41, 5.74) is -0.467. The monoisotopic (exact) mass is 641 g/mol. The number of carbonyl (C=O) groups excluding carboxylic acids is 2. The smallest absolute Gasteiger partial charge is 0.314 e. The second kappa shape index (κ2) is 11.6. The van der Waals surface area contributed by atoms with Crippen molar-refractivity contribution in [3.05, 3.63) is 11.6 Å². The first kappa shape index (κ1) is 34.0. The maximum Gasteiger partial charge on any atom is 0.314 e. The summed E-state index contributed by atoms with van der Waals surface area (Å²) in [7, 11) is 0. The second-order valence-corrected chi connectivity index (χ2v) is 17.6. The van der Waals surface area contributed by atoms with E-state index in [1.165, 1.54) is 12.5 Å². The van der Waals surface area contributed by atoms with Crippen molar-refractivity contribution < 1.29 is 33.7 Å². The van der Waals surface area contributed by atoms with Gasteiger partial charge in [-0.2, -0.15) is 0 Å². The van der Waals surface area contributed by atoms with Gasteiger partial charge in [0.1, 0.15) is 12.0 Å². The molecule has 6 rings (SSSR count). The molecular formula is C38H59NO7. The summed E-state index contributed by atoms with van der Waals surface area (Å²) in [6, 6.07) is 0. The van der Waals surface area contributed by atoms with Crippen LogP contribution < -0.4 is 5.32 Å². The second-order valence-electron chi connectivity index (χ2n) is 17.6. The fourth-order valence-corrected chi connectivity index (χ4v) is 12.5. The van der Waals surface area contributed by atoms with Crippen molar-refractivity contribution in [3.8, 4) is 0 Å². The van der Waals surface area contributed by atoms with Crippen molar-refractivity contribution in [2.45, 2.75) is 126 Å². The lowest BCUT2D eigenvalue weighted by Crippen LogP contribution is -2.69. The van der Waals surface area contributed by atoms with Gasteiger partial charge in [-0.3, -0.25) is 19.7 Å². The number of hydrogen-bond donors (Lipinski definition) is 2. The predicted molar refractivity (Wildman–Crippen MR) is 174 cm³/mol. The molecule has 0 radical (unpaired) electrons. The van der Waals surface area contributed by atoms with E-state index in [2.05, 4.69) is 59.9 Å². The van der Waals surface area contributed by atoms with E-state index in [0.717, 1.165) is 51.5 Å². The maximum absolute atomic E-state index is 14.1. The van der Waals surface area contributed by atoms with Crippen LogP contribution in [0.3, 0.4) is 0 Å². The molecule has 6 aliphatic rings. The van der Waals surface area contributed by atoms with Gasteiger partial charge in [0, 0.05) is 17.8 Å².